The van der Waals surface area contributed by atoms with Crippen LogP contribution in [0, 0.1) is 5.82 Å². The maximum atomic E-state index is 13.5. The number of ether oxygens (including phenoxy) is 1. The van der Waals surface area contributed by atoms with Crippen molar-refractivity contribution >= 4 is 16.9 Å². The number of fused-ring (bicyclic) bond motifs is 1. The summed E-state index contributed by atoms with van der Waals surface area (Å²) >= 11 is 0. The van der Waals surface area contributed by atoms with E-state index in [1.165, 1.54) is 11.6 Å². The lowest BCUT2D eigenvalue weighted by molar-refractivity contribution is 0.153. The van der Waals surface area contributed by atoms with Gasteiger partial charge in [0.1, 0.15) is 5.82 Å². The summed E-state index contributed by atoms with van der Waals surface area (Å²) in [6.45, 7) is 5.94. The van der Waals surface area contributed by atoms with Gasteiger partial charge in [0.25, 0.3) is 0 Å². The van der Waals surface area contributed by atoms with Crippen molar-refractivity contribution in [3.05, 3.63) is 47.4 Å². The van der Waals surface area contributed by atoms with Gasteiger partial charge in [0.2, 0.25) is 0 Å². The zero-order chi connectivity index (χ0) is 18.2. The second kappa shape index (κ2) is 9.38. The molecule has 2 aromatic rings. The molecule has 6 heteroatoms. The van der Waals surface area contributed by atoms with Crippen LogP contribution in [0.2, 0.25) is 0 Å². The lowest BCUT2D eigenvalue weighted by Gasteiger charge is -2.15. The lowest BCUT2D eigenvalue weighted by atomic mass is 10.1. The highest BCUT2D eigenvalue weighted by Crippen LogP contribution is 2.19. The maximum Gasteiger partial charge on any atom is 0.191 e. The highest BCUT2D eigenvalue weighted by molar-refractivity contribution is 5.83. The maximum absolute atomic E-state index is 13.5. The second-order valence-electron chi connectivity index (χ2n) is 6.38. The molecular formula is C20H27FN4O. The van der Waals surface area contributed by atoms with E-state index in [1.807, 2.05) is 6.20 Å². The van der Waals surface area contributed by atoms with Crippen LogP contribution in [-0.4, -0.2) is 43.8 Å². The van der Waals surface area contributed by atoms with E-state index < -0.39 is 0 Å². The first-order valence-corrected chi connectivity index (χ1v) is 9.29. The summed E-state index contributed by atoms with van der Waals surface area (Å²) in [4.78, 5) is 7.83. The highest BCUT2D eigenvalue weighted by atomic mass is 19.1. The van der Waals surface area contributed by atoms with Crippen LogP contribution in [0.4, 0.5) is 4.39 Å². The Balaban J connectivity index is 1.53. The number of aromatic nitrogens is 1. The average molecular weight is 358 g/mol. The SMILES string of the molecule is CCNC(=NCCc1c[nH]c2ccc(F)cc12)NCCC1=CCOCC1. The number of hydrogen-bond acceptors (Lipinski definition) is 2. The molecule has 140 valence electrons. The summed E-state index contributed by atoms with van der Waals surface area (Å²) in [6.07, 6.45) is 6.91. The zero-order valence-corrected chi connectivity index (χ0v) is 15.3. The minimum absolute atomic E-state index is 0.209. The molecule has 1 aliphatic heterocycles. The molecule has 0 fully saturated rings. The average Bonchev–Trinajstić information content (AvgIpc) is 3.05. The molecule has 0 spiro atoms. The van der Waals surface area contributed by atoms with E-state index in [-0.39, 0.29) is 5.82 Å². The summed E-state index contributed by atoms with van der Waals surface area (Å²) in [5.41, 5.74) is 3.49. The fourth-order valence-corrected chi connectivity index (χ4v) is 3.12. The lowest BCUT2D eigenvalue weighted by Crippen LogP contribution is -2.38. The first-order valence-electron chi connectivity index (χ1n) is 9.29. The molecule has 3 rings (SSSR count). The normalized spacial score (nSPS) is 15.2. The Morgan fingerprint density at radius 3 is 3.04 bits per heavy atom. The number of rotatable bonds is 7. The van der Waals surface area contributed by atoms with Gasteiger partial charge in [-0.25, -0.2) is 4.39 Å². The Bertz CT molecular complexity index is 781. The second-order valence-corrected chi connectivity index (χ2v) is 6.38. The van der Waals surface area contributed by atoms with Crippen molar-refractivity contribution in [1.82, 2.24) is 15.6 Å². The number of nitrogens with zero attached hydrogens (tertiary/aromatic N) is 1. The van der Waals surface area contributed by atoms with Crippen LogP contribution in [0.5, 0.6) is 0 Å². The third kappa shape index (κ3) is 5.08. The standard InChI is InChI=1S/C20H27FN4O/c1-2-22-20(23-9-5-15-7-11-26-12-8-15)24-10-6-16-14-25-19-4-3-17(21)13-18(16)19/h3-4,7,13-14,25H,2,5-6,8-12H2,1H3,(H2,22,23,24). The molecule has 26 heavy (non-hydrogen) atoms. The Morgan fingerprint density at radius 1 is 1.31 bits per heavy atom. The van der Waals surface area contributed by atoms with E-state index in [9.17, 15) is 4.39 Å². The molecule has 0 atom stereocenters. The molecule has 1 aliphatic rings. The van der Waals surface area contributed by atoms with Gasteiger partial charge in [-0.2, -0.15) is 0 Å². The van der Waals surface area contributed by atoms with Crippen LogP contribution in [0.25, 0.3) is 10.9 Å². The number of halogens is 1. The first-order chi connectivity index (χ1) is 12.8. The molecule has 0 saturated carbocycles. The van der Waals surface area contributed by atoms with Crippen LogP contribution in [0.3, 0.4) is 0 Å². The molecule has 0 saturated heterocycles. The summed E-state index contributed by atoms with van der Waals surface area (Å²) in [7, 11) is 0. The van der Waals surface area contributed by atoms with Gasteiger partial charge in [0.15, 0.2) is 5.96 Å². The fourth-order valence-electron chi connectivity index (χ4n) is 3.12. The van der Waals surface area contributed by atoms with Gasteiger partial charge in [-0.15, -0.1) is 0 Å². The fraction of sp³-hybridized carbons (Fsp3) is 0.450. The Hall–Kier alpha value is -2.34. The number of aliphatic imine (C=N–C) groups is 1. The van der Waals surface area contributed by atoms with Crippen molar-refractivity contribution in [3.63, 3.8) is 0 Å². The molecule has 0 bridgehead atoms. The molecule has 0 unspecified atom stereocenters. The number of nitrogens with one attached hydrogen (secondary N) is 3. The van der Waals surface area contributed by atoms with Crippen LogP contribution in [0.15, 0.2) is 41.0 Å². The highest BCUT2D eigenvalue weighted by Gasteiger charge is 2.06. The number of aromatic amines is 1. The molecule has 0 radical (unpaired) electrons. The smallest absolute Gasteiger partial charge is 0.191 e. The summed E-state index contributed by atoms with van der Waals surface area (Å²) in [5.74, 6) is 0.616. The van der Waals surface area contributed by atoms with Crippen molar-refractivity contribution in [2.75, 3.05) is 32.8 Å². The molecule has 2 heterocycles. The van der Waals surface area contributed by atoms with E-state index in [4.69, 9.17) is 4.74 Å². The quantitative estimate of drug-likeness (QED) is 0.405. The van der Waals surface area contributed by atoms with Crippen LogP contribution < -0.4 is 10.6 Å². The number of hydrogen-bond donors (Lipinski definition) is 3. The summed E-state index contributed by atoms with van der Waals surface area (Å²) in [6, 6.07) is 4.83. The van der Waals surface area contributed by atoms with Gasteiger partial charge in [-0.1, -0.05) is 11.6 Å². The molecule has 3 N–H and O–H groups in total. The third-order valence-electron chi connectivity index (χ3n) is 4.52. The Labute approximate surface area is 153 Å². The van der Waals surface area contributed by atoms with Crippen molar-refractivity contribution in [3.8, 4) is 0 Å². The first kappa shape index (κ1) is 18.5. The zero-order valence-electron chi connectivity index (χ0n) is 15.3. The van der Waals surface area contributed by atoms with Gasteiger partial charge >= 0.3 is 0 Å². The minimum atomic E-state index is -0.209. The van der Waals surface area contributed by atoms with E-state index >= 15 is 0 Å². The van der Waals surface area contributed by atoms with E-state index in [2.05, 4.69) is 33.6 Å². The third-order valence-corrected chi connectivity index (χ3v) is 4.52. The van der Waals surface area contributed by atoms with E-state index in [0.29, 0.717) is 6.54 Å². The number of H-pyrrole nitrogens is 1. The Kier molecular flexibility index (Phi) is 6.66. The van der Waals surface area contributed by atoms with Crippen LogP contribution in [0.1, 0.15) is 25.3 Å². The van der Waals surface area contributed by atoms with Gasteiger partial charge < -0.3 is 20.4 Å². The summed E-state index contributed by atoms with van der Waals surface area (Å²) in [5, 5.41) is 7.59. The monoisotopic (exact) mass is 358 g/mol. The minimum Gasteiger partial charge on any atom is -0.377 e. The molecule has 0 aliphatic carbocycles. The van der Waals surface area contributed by atoms with Crippen LogP contribution >= 0.6 is 0 Å². The van der Waals surface area contributed by atoms with Crippen LogP contribution in [-0.2, 0) is 11.2 Å². The molecule has 1 aromatic heterocycles. The largest absolute Gasteiger partial charge is 0.377 e. The van der Waals surface area contributed by atoms with Gasteiger partial charge in [0, 0.05) is 36.7 Å². The molecule has 1 aromatic carbocycles. The van der Waals surface area contributed by atoms with Gasteiger partial charge in [-0.3, -0.25) is 4.99 Å². The molecule has 0 amide bonds. The van der Waals surface area contributed by atoms with Crippen molar-refractivity contribution in [2.45, 2.75) is 26.2 Å². The summed E-state index contributed by atoms with van der Waals surface area (Å²) < 4.78 is 18.8. The van der Waals surface area contributed by atoms with Gasteiger partial charge in [0.05, 0.1) is 13.2 Å². The molecule has 5 nitrogen and oxygen atoms in total. The van der Waals surface area contributed by atoms with Crippen molar-refractivity contribution in [1.29, 1.82) is 0 Å². The van der Waals surface area contributed by atoms with Crippen molar-refractivity contribution in [2.24, 2.45) is 4.99 Å². The molecular weight excluding hydrogens is 331 g/mol. The number of guanidine groups is 1. The van der Waals surface area contributed by atoms with E-state index in [0.717, 1.165) is 68.0 Å². The van der Waals surface area contributed by atoms with Gasteiger partial charge in [-0.05, 0) is 49.9 Å². The Morgan fingerprint density at radius 2 is 2.23 bits per heavy atom. The number of benzene rings is 1. The topological polar surface area (TPSA) is 61.4 Å². The van der Waals surface area contributed by atoms with E-state index in [1.54, 1.807) is 12.1 Å². The van der Waals surface area contributed by atoms with Crippen molar-refractivity contribution < 1.29 is 9.13 Å². The predicted octanol–water partition coefficient (Wildman–Crippen LogP) is 3.14. The predicted molar refractivity (Wildman–Crippen MR) is 104 cm³/mol.